The van der Waals surface area contributed by atoms with Crippen molar-refractivity contribution in [1.82, 2.24) is 16.0 Å². The number of aliphatic hydroxyl groups is 16. The molecule has 0 spiro atoms. The van der Waals surface area contributed by atoms with Crippen molar-refractivity contribution >= 4 is 23.7 Å². The summed E-state index contributed by atoms with van der Waals surface area (Å²) in [5.41, 5.74) is 0. The number of hydrogen-bond donors (Lipinski definition) is 20. The number of aliphatic hydroxyl groups excluding tert-OH is 16. The van der Waals surface area contributed by atoms with E-state index in [1.54, 1.807) is 0 Å². The van der Waals surface area contributed by atoms with Gasteiger partial charge in [0.1, 0.15) is 110 Å². The first-order valence-corrected chi connectivity index (χ1v) is 22.2. The van der Waals surface area contributed by atoms with Crippen LogP contribution in [0.3, 0.4) is 0 Å². The fourth-order valence-corrected chi connectivity index (χ4v) is 8.35. The zero-order chi connectivity index (χ0) is 53.4. The van der Waals surface area contributed by atoms with Crippen LogP contribution >= 0.6 is 0 Å². The summed E-state index contributed by atoms with van der Waals surface area (Å²) in [4.78, 5) is 49.1. The molecule has 0 aromatic heterocycles. The third kappa shape index (κ3) is 14.2. The molecule has 4 heterocycles. The predicted octanol–water partition coefficient (Wildman–Crippen LogP) is -12.7. The zero-order valence-electron chi connectivity index (χ0n) is 38.3. The number of hydrogen-bond acceptors (Lipinski definition) is 28. The van der Waals surface area contributed by atoms with Crippen LogP contribution in [0.4, 0.5) is 0 Å². The van der Waals surface area contributed by atoms with Gasteiger partial charge in [0, 0.05) is 20.3 Å². The van der Waals surface area contributed by atoms with E-state index in [2.05, 4.69) is 16.0 Å². The van der Waals surface area contributed by atoms with E-state index in [1.165, 1.54) is 6.92 Å². The van der Waals surface area contributed by atoms with Crippen molar-refractivity contribution in [2.75, 3.05) is 39.6 Å². The Morgan fingerprint density at radius 1 is 0.676 bits per heavy atom. The Labute approximate surface area is 402 Å². The van der Waals surface area contributed by atoms with Crippen LogP contribution in [0.2, 0.25) is 0 Å². The van der Waals surface area contributed by atoms with E-state index in [1.807, 2.05) is 0 Å². The highest BCUT2D eigenvalue weighted by Gasteiger charge is 2.58. The molecule has 3 amide bonds. The summed E-state index contributed by atoms with van der Waals surface area (Å²) in [6.07, 6.45) is -43.1. The van der Waals surface area contributed by atoms with Crippen LogP contribution in [-0.2, 0) is 57.1 Å². The topological polar surface area (TPSA) is 522 Å². The molecular formula is C39H67N3O29. The van der Waals surface area contributed by atoms with Crippen molar-refractivity contribution < 1.29 is 144 Å². The van der Waals surface area contributed by atoms with Crippen LogP contribution in [0.5, 0.6) is 0 Å². The molecule has 4 rings (SSSR count). The summed E-state index contributed by atoms with van der Waals surface area (Å²) in [5.74, 6) is -7.95. The minimum absolute atomic E-state index is 0.750. The lowest BCUT2D eigenvalue weighted by Gasteiger charge is -2.49. The molecule has 4 fully saturated rings. The second-order valence-corrected chi connectivity index (χ2v) is 17.4. The lowest BCUT2D eigenvalue weighted by atomic mass is 9.88. The van der Waals surface area contributed by atoms with Gasteiger partial charge in [-0.15, -0.1) is 0 Å². The molecule has 4 aliphatic heterocycles. The van der Waals surface area contributed by atoms with Crippen molar-refractivity contribution in [1.29, 1.82) is 0 Å². The number of carboxylic acid groups (broad SMARTS) is 1. The number of amides is 3. The van der Waals surface area contributed by atoms with E-state index in [4.69, 9.17) is 37.9 Å². The first-order chi connectivity index (χ1) is 33.3. The van der Waals surface area contributed by atoms with Crippen molar-refractivity contribution in [3.63, 3.8) is 0 Å². The highest BCUT2D eigenvalue weighted by atomic mass is 16.8. The maximum absolute atomic E-state index is 12.7. The van der Waals surface area contributed by atoms with Gasteiger partial charge < -0.3 is 141 Å². The Morgan fingerprint density at radius 2 is 1.27 bits per heavy atom. The van der Waals surface area contributed by atoms with Gasteiger partial charge in [-0.05, 0) is 6.92 Å². The van der Waals surface area contributed by atoms with Gasteiger partial charge in [0.05, 0.1) is 57.3 Å². The third-order valence-electron chi connectivity index (χ3n) is 12.2. The molecule has 71 heavy (non-hydrogen) atoms. The van der Waals surface area contributed by atoms with Gasteiger partial charge in [-0.1, -0.05) is 0 Å². The van der Waals surface area contributed by atoms with Crippen molar-refractivity contribution in [3.05, 3.63) is 0 Å². The Morgan fingerprint density at radius 3 is 1.80 bits per heavy atom. The van der Waals surface area contributed by atoms with Crippen LogP contribution in [0.25, 0.3) is 0 Å². The number of rotatable bonds is 23. The summed E-state index contributed by atoms with van der Waals surface area (Å²) in [7, 11) is 0. The number of carbonyl (C=O) groups is 4. The molecule has 4 saturated heterocycles. The Kier molecular flexibility index (Phi) is 22.5. The average Bonchev–Trinajstić information content (AvgIpc) is 3.33. The van der Waals surface area contributed by atoms with Crippen LogP contribution in [0.15, 0.2) is 0 Å². The van der Waals surface area contributed by atoms with Crippen molar-refractivity contribution in [3.8, 4) is 0 Å². The fraction of sp³-hybridized carbons (Fsp3) is 0.897. The molecular weight excluding hydrogens is 974 g/mol. The summed E-state index contributed by atoms with van der Waals surface area (Å²) < 4.78 is 45.4. The molecule has 0 aromatic rings. The second-order valence-electron chi connectivity index (χ2n) is 17.4. The Hall–Kier alpha value is -3.08. The fourth-order valence-electron chi connectivity index (χ4n) is 8.35. The molecule has 4 aliphatic rings. The van der Waals surface area contributed by atoms with Crippen LogP contribution < -0.4 is 16.0 Å². The normalized spacial score (nSPS) is 40.3. The van der Waals surface area contributed by atoms with E-state index < -0.39 is 222 Å². The maximum Gasteiger partial charge on any atom is 0.364 e. The largest absolute Gasteiger partial charge is 0.477 e. The SMILES string of the molecule is CC(=O)N[C@H]1[C@@H](O[C@H]2[C@H](O)[C@H](O[C@H]3[C@H](O[C@@H]([C@@H](O)[C@H](O)CO[C@]4(C(=O)O)C[C@H](O)[C@@H](NC(=O)CO)[C@H]([C@H](O)[C@H](O)CO)O4)[C@H](CO)NC(C)=O)O[C@H](CO)[C@H](O)[C@@H]3O)O[C@@H](C)[C@H]2O)O[C@H](CO)[C@H](O)[C@@H]1O. The zero-order valence-corrected chi connectivity index (χ0v) is 38.3. The minimum atomic E-state index is -3.10. The van der Waals surface area contributed by atoms with Crippen molar-refractivity contribution in [2.45, 2.75) is 180 Å². The molecule has 20 N–H and O–H groups in total. The molecule has 0 aliphatic carbocycles. The van der Waals surface area contributed by atoms with Crippen LogP contribution in [-0.4, -0.2) is 303 Å². The lowest BCUT2D eigenvalue weighted by Crippen LogP contribution is -2.68. The molecule has 0 radical (unpaired) electrons. The van der Waals surface area contributed by atoms with Gasteiger partial charge in [-0.3, -0.25) is 14.4 Å². The van der Waals surface area contributed by atoms with Gasteiger partial charge in [-0.2, -0.15) is 0 Å². The van der Waals surface area contributed by atoms with E-state index in [0.717, 1.165) is 13.8 Å². The smallest absolute Gasteiger partial charge is 0.364 e. The number of carbonyl (C=O) groups excluding carboxylic acids is 3. The van der Waals surface area contributed by atoms with Crippen LogP contribution in [0.1, 0.15) is 27.2 Å². The Balaban J connectivity index is 1.65. The highest BCUT2D eigenvalue weighted by molar-refractivity contribution is 5.78. The highest BCUT2D eigenvalue weighted by Crippen LogP contribution is 2.36. The summed E-state index contributed by atoms with van der Waals surface area (Å²) in [6, 6.07) is -5.12. The third-order valence-corrected chi connectivity index (χ3v) is 12.2. The van der Waals surface area contributed by atoms with E-state index in [9.17, 15) is 106 Å². The van der Waals surface area contributed by atoms with E-state index >= 15 is 0 Å². The summed E-state index contributed by atoms with van der Waals surface area (Å²) in [6.45, 7) is -3.44. The number of nitrogens with one attached hydrogen (secondary N) is 3. The van der Waals surface area contributed by atoms with E-state index in [0.29, 0.717) is 0 Å². The molecule has 412 valence electrons. The molecule has 0 aromatic carbocycles. The Bertz CT molecular complexity index is 1730. The summed E-state index contributed by atoms with van der Waals surface area (Å²) in [5, 5.41) is 187. The maximum atomic E-state index is 12.7. The van der Waals surface area contributed by atoms with Gasteiger partial charge in [0.2, 0.25) is 17.7 Å². The monoisotopic (exact) mass is 1040 g/mol. The molecule has 0 saturated carbocycles. The first-order valence-electron chi connectivity index (χ1n) is 22.2. The molecule has 0 unspecified atom stereocenters. The van der Waals surface area contributed by atoms with Gasteiger partial charge >= 0.3 is 5.97 Å². The van der Waals surface area contributed by atoms with E-state index in [-0.39, 0.29) is 0 Å². The predicted molar refractivity (Wildman–Crippen MR) is 221 cm³/mol. The quantitative estimate of drug-likeness (QED) is 0.0452. The van der Waals surface area contributed by atoms with Gasteiger partial charge in [0.15, 0.2) is 18.9 Å². The molecule has 32 nitrogen and oxygen atoms in total. The number of ether oxygens (including phenoxy) is 8. The first kappa shape index (κ1) is 60.5. The van der Waals surface area contributed by atoms with Crippen molar-refractivity contribution in [2.24, 2.45) is 0 Å². The van der Waals surface area contributed by atoms with Crippen LogP contribution in [0, 0.1) is 0 Å². The molecule has 0 bridgehead atoms. The van der Waals surface area contributed by atoms with Gasteiger partial charge in [-0.25, -0.2) is 4.79 Å². The minimum Gasteiger partial charge on any atom is -0.477 e. The standard InChI is InChI=1S/C39H67N3O29/c1-11-23(54)33(69-35-22(41-13(3)49)28(59)26(57)18(7-45)66-35)30(61)36(65-11)70-34-29(60)27(58)19(8-46)67-37(34)68-31(14(5-43)40-12(2)48)25(56)17(52)10-64-39(38(62)63)4-15(50)21(42-20(53)9-47)32(71-39)24(55)16(51)6-44/h11,14-19,21-37,43-47,50-52,54-61H,4-10H2,1-3H3,(H,40,48)(H,41,49)(H,42,53)(H,62,63)/t11-,14-,15-,16+,17+,18+,19+,21+,22+,23+,24+,25-,26-,27-,28+,29-,30-,31+,32+,33+,34+,35+,36-,37-,39+/m0/s1. The number of carboxylic acids is 1. The average molecular weight is 1040 g/mol. The lowest BCUT2D eigenvalue weighted by molar-refractivity contribution is -0.384. The second kappa shape index (κ2) is 26.4. The molecule has 32 heteroatoms. The summed E-state index contributed by atoms with van der Waals surface area (Å²) >= 11 is 0. The molecule has 25 atom stereocenters. The number of aliphatic carboxylic acids is 1. The van der Waals surface area contributed by atoms with Gasteiger partial charge in [0.25, 0.3) is 5.79 Å².